The zero-order valence-corrected chi connectivity index (χ0v) is 13.7. The fraction of sp³-hybridized carbons (Fsp3) is 0.526. The number of piperidine rings is 1. The van der Waals surface area contributed by atoms with Gasteiger partial charge >= 0.3 is 0 Å². The van der Waals surface area contributed by atoms with Crippen molar-refractivity contribution in [2.24, 2.45) is 5.92 Å². The zero-order chi connectivity index (χ0) is 16.2. The average molecular weight is 315 g/mol. The van der Waals surface area contributed by atoms with Gasteiger partial charge in [-0.2, -0.15) is 0 Å². The van der Waals surface area contributed by atoms with Gasteiger partial charge in [0.25, 0.3) is 0 Å². The van der Waals surface area contributed by atoms with E-state index in [1.165, 1.54) is 5.56 Å². The maximum absolute atomic E-state index is 12.6. The third-order valence-electron chi connectivity index (χ3n) is 4.86. The Hall–Kier alpha value is -1.81. The van der Waals surface area contributed by atoms with Crippen molar-refractivity contribution in [1.29, 1.82) is 0 Å². The van der Waals surface area contributed by atoms with E-state index in [-0.39, 0.29) is 12.0 Å². The number of hydrogen-bond acceptors (Lipinski definition) is 3. The number of carbonyl (C=O) groups excluding carboxylic acids is 1. The first-order chi connectivity index (χ1) is 11.2. The van der Waals surface area contributed by atoms with Gasteiger partial charge in [-0.25, -0.2) is 0 Å². The topological polar surface area (TPSA) is 38.8 Å². The highest BCUT2D eigenvalue weighted by atomic mass is 16.5. The van der Waals surface area contributed by atoms with E-state index in [9.17, 15) is 4.79 Å². The minimum atomic E-state index is 0.161. The van der Waals surface area contributed by atoms with Crippen molar-refractivity contribution < 1.29 is 14.3 Å². The first kappa shape index (κ1) is 16.1. The van der Waals surface area contributed by atoms with Gasteiger partial charge in [0.05, 0.1) is 19.8 Å². The molecule has 0 bridgehead atoms. The van der Waals surface area contributed by atoms with E-state index in [2.05, 4.69) is 18.7 Å². The molecule has 124 valence electrons. The summed E-state index contributed by atoms with van der Waals surface area (Å²) >= 11 is 0. The Bertz CT molecular complexity index is 546. The van der Waals surface area contributed by atoms with E-state index in [1.54, 1.807) is 13.2 Å². The molecule has 0 N–H and O–H groups in total. The Kier molecular flexibility index (Phi) is 5.01. The van der Waals surface area contributed by atoms with Crippen molar-refractivity contribution in [3.63, 3.8) is 0 Å². The lowest BCUT2D eigenvalue weighted by atomic mass is 10.1. The normalized spacial score (nSPS) is 24.3. The lowest BCUT2D eigenvalue weighted by Gasteiger charge is -2.32. The van der Waals surface area contributed by atoms with Gasteiger partial charge in [-0.05, 0) is 42.9 Å². The molecule has 1 aromatic rings. The molecular formula is C19H25NO3. The van der Waals surface area contributed by atoms with Crippen LogP contribution in [0.15, 0.2) is 36.9 Å². The molecular weight excluding hydrogens is 290 g/mol. The van der Waals surface area contributed by atoms with E-state index in [1.807, 2.05) is 17.0 Å². The molecule has 1 amide bonds. The molecule has 2 aliphatic rings. The zero-order valence-electron chi connectivity index (χ0n) is 13.7. The number of benzene rings is 1. The predicted molar refractivity (Wildman–Crippen MR) is 89.6 cm³/mol. The second kappa shape index (κ2) is 7.18. The van der Waals surface area contributed by atoms with Crippen molar-refractivity contribution in [2.75, 3.05) is 26.8 Å². The predicted octanol–water partition coefficient (Wildman–Crippen LogP) is 2.99. The van der Waals surface area contributed by atoms with Gasteiger partial charge in [-0.3, -0.25) is 4.79 Å². The summed E-state index contributed by atoms with van der Waals surface area (Å²) in [5.74, 6) is 1.71. The number of hydrogen-bond donors (Lipinski definition) is 0. The van der Waals surface area contributed by atoms with Gasteiger partial charge in [-0.1, -0.05) is 18.2 Å². The first-order valence-electron chi connectivity index (χ1n) is 8.38. The van der Waals surface area contributed by atoms with E-state index in [0.29, 0.717) is 18.4 Å². The lowest BCUT2D eigenvalue weighted by molar-refractivity contribution is -0.135. The van der Waals surface area contributed by atoms with Crippen molar-refractivity contribution in [3.05, 3.63) is 42.5 Å². The van der Waals surface area contributed by atoms with Crippen LogP contribution in [0.3, 0.4) is 0 Å². The van der Waals surface area contributed by atoms with Gasteiger partial charge in [0.1, 0.15) is 5.75 Å². The summed E-state index contributed by atoms with van der Waals surface area (Å²) in [6, 6.07) is 8.09. The number of rotatable bonds is 6. The van der Waals surface area contributed by atoms with Crippen LogP contribution in [-0.4, -0.2) is 43.7 Å². The van der Waals surface area contributed by atoms with E-state index < -0.39 is 0 Å². The van der Waals surface area contributed by atoms with Crippen LogP contribution in [0, 0.1) is 5.92 Å². The number of amides is 1. The highest BCUT2D eigenvalue weighted by molar-refractivity contribution is 5.83. The highest BCUT2D eigenvalue weighted by Gasteiger charge is 2.46. The number of likely N-dealkylation sites (tertiary alicyclic amines) is 1. The molecule has 0 radical (unpaired) electrons. The summed E-state index contributed by atoms with van der Waals surface area (Å²) in [5, 5.41) is 0. The van der Waals surface area contributed by atoms with Gasteiger partial charge < -0.3 is 14.4 Å². The van der Waals surface area contributed by atoms with Crippen molar-refractivity contribution >= 4 is 5.91 Å². The molecule has 0 unspecified atom stereocenters. The maximum Gasteiger partial charge on any atom is 0.226 e. The number of methoxy groups -OCH3 is 1. The molecule has 0 aromatic heterocycles. The van der Waals surface area contributed by atoms with Crippen LogP contribution in [-0.2, 0) is 9.53 Å². The fourth-order valence-electron chi connectivity index (χ4n) is 3.37. The SMILES string of the molecule is C=CCOC1CCN(C(=O)[C@@H]2C[C@@H]2c2ccc(OC)cc2)CC1. The Morgan fingerprint density at radius 3 is 2.61 bits per heavy atom. The second-order valence-electron chi connectivity index (χ2n) is 6.37. The van der Waals surface area contributed by atoms with E-state index in [0.717, 1.165) is 38.1 Å². The monoisotopic (exact) mass is 315 g/mol. The molecule has 4 heteroatoms. The minimum Gasteiger partial charge on any atom is -0.497 e. The Morgan fingerprint density at radius 1 is 1.30 bits per heavy atom. The minimum absolute atomic E-state index is 0.161. The van der Waals surface area contributed by atoms with Crippen molar-refractivity contribution in [2.45, 2.75) is 31.3 Å². The Morgan fingerprint density at radius 2 is 2.00 bits per heavy atom. The van der Waals surface area contributed by atoms with Crippen molar-refractivity contribution in [1.82, 2.24) is 4.90 Å². The Balaban J connectivity index is 1.49. The van der Waals surface area contributed by atoms with E-state index >= 15 is 0 Å². The molecule has 2 fully saturated rings. The van der Waals surface area contributed by atoms with Gasteiger partial charge in [0.2, 0.25) is 5.91 Å². The summed E-state index contributed by atoms with van der Waals surface area (Å²) in [4.78, 5) is 14.6. The molecule has 23 heavy (non-hydrogen) atoms. The maximum atomic E-state index is 12.6. The molecule has 4 nitrogen and oxygen atoms in total. The molecule has 0 spiro atoms. The molecule has 1 heterocycles. The molecule has 1 saturated carbocycles. The van der Waals surface area contributed by atoms with Crippen LogP contribution in [0.4, 0.5) is 0 Å². The summed E-state index contributed by atoms with van der Waals surface area (Å²) in [7, 11) is 1.67. The van der Waals surface area contributed by atoms with E-state index in [4.69, 9.17) is 9.47 Å². The van der Waals surface area contributed by atoms with Crippen LogP contribution in [0.5, 0.6) is 5.75 Å². The molecule has 1 aromatic carbocycles. The second-order valence-corrected chi connectivity index (χ2v) is 6.37. The summed E-state index contributed by atoms with van der Waals surface area (Å²) in [6.07, 6.45) is 4.88. The largest absolute Gasteiger partial charge is 0.497 e. The lowest BCUT2D eigenvalue weighted by Crippen LogP contribution is -2.41. The smallest absolute Gasteiger partial charge is 0.226 e. The molecule has 3 rings (SSSR count). The van der Waals surface area contributed by atoms with Crippen molar-refractivity contribution in [3.8, 4) is 5.75 Å². The van der Waals surface area contributed by atoms with Gasteiger partial charge in [0.15, 0.2) is 0 Å². The van der Waals surface area contributed by atoms with Gasteiger partial charge in [-0.15, -0.1) is 6.58 Å². The van der Waals surface area contributed by atoms with Crippen LogP contribution in [0.2, 0.25) is 0 Å². The van der Waals surface area contributed by atoms with Gasteiger partial charge in [0, 0.05) is 19.0 Å². The van der Waals surface area contributed by atoms with Crippen LogP contribution in [0.1, 0.15) is 30.7 Å². The standard InChI is InChI=1S/C19H25NO3/c1-3-12-23-16-8-10-20(11-9-16)19(21)18-13-17(18)14-4-6-15(22-2)7-5-14/h3-7,16-18H,1,8-13H2,2H3/t17-,18-/m1/s1. The summed E-state index contributed by atoms with van der Waals surface area (Å²) in [6.45, 7) is 5.89. The number of ether oxygens (including phenoxy) is 2. The third kappa shape index (κ3) is 3.75. The summed E-state index contributed by atoms with van der Waals surface area (Å²) in [5.41, 5.74) is 1.24. The quantitative estimate of drug-likeness (QED) is 0.758. The molecule has 2 atom stereocenters. The van der Waals surface area contributed by atoms with Crippen LogP contribution < -0.4 is 4.74 Å². The highest BCUT2D eigenvalue weighted by Crippen LogP contribution is 2.48. The fourth-order valence-corrected chi connectivity index (χ4v) is 3.37. The Labute approximate surface area is 138 Å². The van der Waals surface area contributed by atoms with Crippen LogP contribution in [0.25, 0.3) is 0 Å². The molecule has 1 aliphatic heterocycles. The number of carbonyl (C=O) groups is 1. The first-order valence-corrected chi connectivity index (χ1v) is 8.38. The average Bonchev–Trinajstić information content (AvgIpc) is 3.40. The summed E-state index contributed by atoms with van der Waals surface area (Å²) < 4.78 is 10.9. The molecule has 1 saturated heterocycles. The van der Waals surface area contributed by atoms with Crippen LogP contribution >= 0.6 is 0 Å². The molecule has 1 aliphatic carbocycles. The third-order valence-corrected chi connectivity index (χ3v) is 4.86. The number of nitrogens with zero attached hydrogens (tertiary/aromatic N) is 1.